The van der Waals surface area contributed by atoms with Gasteiger partial charge in [-0.1, -0.05) is 56.7 Å². The largest absolute Gasteiger partial charge is 0.337 e. The minimum Gasteiger partial charge on any atom is -0.337 e. The average molecular weight is 603 g/mol. The van der Waals surface area contributed by atoms with Crippen molar-refractivity contribution in [3.8, 4) is 0 Å². The van der Waals surface area contributed by atoms with Crippen LogP contribution < -0.4 is 9.62 Å². The van der Waals surface area contributed by atoms with Gasteiger partial charge in [-0.15, -0.1) is 0 Å². The standard InChI is InChI=1S/C34H39FN4O3S/c1-23-6-13-28(14-7-23)43(41,42)37-31-16-17-34(3,4)30-15-12-27(21-29(30)31)39(22-32-36-18-19-38(32)5)33(40)20-24(2)25-8-10-26(35)11-9-25/h6-15,18-19,21,24,31,37H,16-17,20,22H2,1-5H3/t24-,31+/m0/s1. The second kappa shape index (κ2) is 12.1. The lowest BCUT2D eigenvalue weighted by Crippen LogP contribution is -2.37. The fourth-order valence-electron chi connectivity index (χ4n) is 5.81. The number of sulfonamides is 1. The van der Waals surface area contributed by atoms with Gasteiger partial charge in [0.05, 0.1) is 11.4 Å². The number of aryl methyl sites for hydroxylation is 2. The normalized spacial score (nSPS) is 16.8. The quantitative estimate of drug-likeness (QED) is 0.232. The van der Waals surface area contributed by atoms with E-state index in [0.29, 0.717) is 12.1 Å². The number of anilines is 1. The van der Waals surface area contributed by atoms with Gasteiger partial charge in [0.2, 0.25) is 15.9 Å². The Labute approximate surface area is 253 Å². The molecule has 5 rings (SSSR count). The van der Waals surface area contributed by atoms with Gasteiger partial charge in [0.15, 0.2) is 0 Å². The maximum absolute atomic E-state index is 14.0. The molecule has 1 aromatic heterocycles. The summed E-state index contributed by atoms with van der Waals surface area (Å²) in [5.74, 6) is 0.162. The summed E-state index contributed by atoms with van der Waals surface area (Å²) in [6, 6.07) is 18.5. The van der Waals surface area contributed by atoms with Crippen LogP contribution in [0.1, 0.15) is 80.1 Å². The highest BCUT2D eigenvalue weighted by molar-refractivity contribution is 7.89. The molecule has 7 nitrogen and oxygen atoms in total. The van der Waals surface area contributed by atoms with E-state index in [4.69, 9.17) is 0 Å². The number of aromatic nitrogens is 2. The average Bonchev–Trinajstić information content (AvgIpc) is 3.37. The van der Waals surface area contributed by atoms with E-state index in [2.05, 4.69) is 23.6 Å². The Morgan fingerprint density at radius 2 is 1.81 bits per heavy atom. The van der Waals surface area contributed by atoms with Crippen LogP contribution in [0.2, 0.25) is 0 Å². The van der Waals surface area contributed by atoms with Gasteiger partial charge >= 0.3 is 0 Å². The molecule has 0 unspecified atom stereocenters. The SMILES string of the molecule is Cc1ccc(S(=O)(=O)N[C@@H]2CCC(C)(C)c3ccc(N(Cc4nccn4C)C(=O)C[C@H](C)c4ccc(F)cc4)cc32)cc1. The molecule has 9 heteroatoms. The molecule has 43 heavy (non-hydrogen) atoms. The molecule has 1 heterocycles. The summed E-state index contributed by atoms with van der Waals surface area (Å²) in [6.45, 7) is 8.45. The molecule has 0 saturated carbocycles. The summed E-state index contributed by atoms with van der Waals surface area (Å²) >= 11 is 0. The number of carbonyl (C=O) groups excluding carboxylic acids is 1. The van der Waals surface area contributed by atoms with Crippen molar-refractivity contribution in [2.75, 3.05) is 4.90 Å². The second-order valence-electron chi connectivity index (χ2n) is 12.3. The Morgan fingerprint density at radius 3 is 2.47 bits per heavy atom. The van der Waals surface area contributed by atoms with Crippen LogP contribution in [0.3, 0.4) is 0 Å². The molecule has 0 bridgehead atoms. The summed E-state index contributed by atoms with van der Waals surface area (Å²) in [5, 5.41) is 0. The monoisotopic (exact) mass is 602 g/mol. The van der Waals surface area contributed by atoms with Gasteiger partial charge in [-0.2, -0.15) is 0 Å². The van der Waals surface area contributed by atoms with Crippen LogP contribution in [0.15, 0.2) is 84.0 Å². The maximum Gasteiger partial charge on any atom is 0.241 e. The number of imidazole rings is 1. The van der Waals surface area contributed by atoms with Gasteiger partial charge in [-0.05, 0) is 84.2 Å². The number of benzene rings is 3. The van der Waals surface area contributed by atoms with Gasteiger partial charge in [-0.3, -0.25) is 4.79 Å². The Balaban J connectivity index is 1.50. The van der Waals surface area contributed by atoms with Crippen LogP contribution in [-0.4, -0.2) is 23.9 Å². The van der Waals surface area contributed by atoms with Crippen LogP contribution in [-0.2, 0) is 33.8 Å². The van der Waals surface area contributed by atoms with Crippen LogP contribution in [0.5, 0.6) is 0 Å². The molecule has 0 aliphatic heterocycles. The molecule has 0 saturated heterocycles. The number of amides is 1. The van der Waals surface area contributed by atoms with Crippen molar-refractivity contribution in [2.45, 2.75) is 75.8 Å². The van der Waals surface area contributed by atoms with Crippen LogP contribution in [0, 0.1) is 12.7 Å². The van der Waals surface area contributed by atoms with Gasteiger partial charge in [0.25, 0.3) is 0 Å². The van der Waals surface area contributed by atoms with E-state index >= 15 is 0 Å². The molecule has 0 spiro atoms. The van der Waals surface area contributed by atoms with E-state index in [1.54, 1.807) is 47.5 Å². The molecule has 1 aliphatic rings. The van der Waals surface area contributed by atoms with Crippen molar-refractivity contribution in [3.05, 3.63) is 113 Å². The molecule has 2 atom stereocenters. The first-order valence-electron chi connectivity index (χ1n) is 14.6. The number of hydrogen-bond acceptors (Lipinski definition) is 4. The molecule has 1 N–H and O–H groups in total. The van der Waals surface area contributed by atoms with E-state index in [0.717, 1.165) is 34.5 Å². The number of rotatable bonds is 9. The molecule has 226 valence electrons. The number of nitrogens with zero attached hydrogens (tertiary/aromatic N) is 3. The van der Waals surface area contributed by atoms with Crippen molar-refractivity contribution >= 4 is 21.6 Å². The third kappa shape index (κ3) is 6.73. The van der Waals surface area contributed by atoms with Crippen molar-refractivity contribution < 1.29 is 17.6 Å². The fraction of sp³-hybridized carbons (Fsp3) is 0.353. The lowest BCUT2D eigenvalue weighted by Gasteiger charge is -2.38. The van der Waals surface area contributed by atoms with Gasteiger partial charge in [0, 0.05) is 37.6 Å². The van der Waals surface area contributed by atoms with E-state index < -0.39 is 16.1 Å². The van der Waals surface area contributed by atoms with Crippen molar-refractivity contribution in [2.24, 2.45) is 7.05 Å². The Kier molecular flexibility index (Phi) is 8.58. The lowest BCUT2D eigenvalue weighted by molar-refractivity contribution is -0.119. The summed E-state index contributed by atoms with van der Waals surface area (Å²) in [6.07, 6.45) is 5.19. The van der Waals surface area contributed by atoms with E-state index in [1.807, 2.05) is 49.9 Å². The zero-order valence-electron chi connectivity index (χ0n) is 25.3. The predicted molar refractivity (Wildman–Crippen MR) is 167 cm³/mol. The summed E-state index contributed by atoms with van der Waals surface area (Å²) in [7, 11) is -1.89. The number of halogens is 1. The van der Waals surface area contributed by atoms with E-state index in [-0.39, 0.29) is 40.9 Å². The maximum atomic E-state index is 14.0. The number of hydrogen-bond donors (Lipinski definition) is 1. The van der Waals surface area contributed by atoms with E-state index in [9.17, 15) is 17.6 Å². The summed E-state index contributed by atoms with van der Waals surface area (Å²) in [5.41, 5.74) is 4.31. The van der Waals surface area contributed by atoms with Crippen LogP contribution >= 0.6 is 0 Å². The Hall–Kier alpha value is -3.82. The first-order chi connectivity index (χ1) is 20.3. The molecular formula is C34H39FN4O3S. The molecule has 4 aromatic rings. The van der Waals surface area contributed by atoms with Gasteiger partial charge < -0.3 is 9.47 Å². The Morgan fingerprint density at radius 1 is 1.12 bits per heavy atom. The zero-order chi connectivity index (χ0) is 30.9. The highest BCUT2D eigenvalue weighted by atomic mass is 32.2. The molecule has 0 radical (unpaired) electrons. The van der Waals surface area contributed by atoms with Crippen LogP contribution in [0.25, 0.3) is 0 Å². The summed E-state index contributed by atoms with van der Waals surface area (Å²) < 4.78 is 45.2. The van der Waals surface area contributed by atoms with Crippen molar-refractivity contribution in [1.29, 1.82) is 0 Å². The highest BCUT2D eigenvalue weighted by Gasteiger charge is 2.35. The molecule has 1 amide bonds. The van der Waals surface area contributed by atoms with Gasteiger partial charge in [-0.25, -0.2) is 22.5 Å². The molecule has 3 aromatic carbocycles. The van der Waals surface area contributed by atoms with Gasteiger partial charge in [0.1, 0.15) is 11.6 Å². The minimum atomic E-state index is -3.77. The third-order valence-corrected chi connectivity index (χ3v) is 10.1. The van der Waals surface area contributed by atoms with Crippen LogP contribution in [0.4, 0.5) is 10.1 Å². The first-order valence-corrected chi connectivity index (χ1v) is 16.1. The lowest BCUT2D eigenvalue weighted by atomic mass is 9.71. The number of carbonyl (C=O) groups is 1. The summed E-state index contributed by atoms with van der Waals surface area (Å²) in [4.78, 5) is 20.4. The molecular weight excluding hydrogens is 563 g/mol. The van der Waals surface area contributed by atoms with Crippen molar-refractivity contribution in [1.82, 2.24) is 14.3 Å². The first kappa shape index (κ1) is 30.6. The second-order valence-corrected chi connectivity index (χ2v) is 14.0. The molecule has 0 fully saturated rings. The zero-order valence-corrected chi connectivity index (χ0v) is 26.2. The topological polar surface area (TPSA) is 84.3 Å². The fourth-order valence-corrected chi connectivity index (χ4v) is 7.06. The molecule has 1 aliphatic carbocycles. The van der Waals surface area contributed by atoms with Crippen molar-refractivity contribution in [3.63, 3.8) is 0 Å². The van der Waals surface area contributed by atoms with E-state index in [1.165, 1.54) is 12.1 Å². The highest BCUT2D eigenvalue weighted by Crippen LogP contribution is 2.43. The minimum absolute atomic E-state index is 0.105. The Bertz CT molecular complexity index is 1710. The number of nitrogens with one attached hydrogen (secondary N) is 1. The predicted octanol–water partition coefficient (Wildman–Crippen LogP) is 6.69. The smallest absolute Gasteiger partial charge is 0.241 e. The third-order valence-electron chi connectivity index (χ3n) is 8.58. The number of fused-ring (bicyclic) bond motifs is 1.